The second-order valence-corrected chi connectivity index (χ2v) is 16.5. The Balaban J connectivity index is 0.000000161. The molecule has 0 saturated carbocycles. The molecule has 6 heterocycles. The average Bonchev–Trinajstić information content (AvgIpc) is 3.87. The van der Waals surface area contributed by atoms with Gasteiger partial charge in [0, 0.05) is 51.7 Å². The SMILES string of the molecule is CN1CCN(C2=NC=CC(CC#N)N2c2nc3ccccc3s2)CC1.N#CCC1C=CN=C(N2CCC(Cc3ccccc3)CC2)N1c1nc2ccccc2s1. The summed E-state index contributed by atoms with van der Waals surface area (Å²) in [6.45, 7) is 5.85. The smallest absolute Gasteiger partial charge is 0.208 e. The van der Waals surface area contributed by atoms with E-state index >= 15 is 0 Å². The van der Waals surface area contributed by atoms with E-state index < -0.39 is 0 Å². The molecule has 13 heteroatoms. The minimum Gasteiger partial charge on any atom is -0.342 e. The lowest BCUT2D eigenvalue weighted by molar-refractivity contribution is 0.212. The first-order chi connectivity index (χ1) is 27.6. The fourth-order valence-electron chi connectivity index (χ4n) is 7.66. The number of likely N-dealkylation sites (N-methyl/N-ethyl adjacent to an activating group) is 1. The number of nitriles is 2. The standard InChI is InChI=1S/C25H25N5S.C18H20N6S/c26-14-10-21-11-15-27-24(30(21)25-28-22-8-4-5-9-23(22)31-25)29-16-12-20(13-17-29)18-19-6-2-1-3-7-19;1-22-10-12-23(13-11-22)17-20-9-7-14(6-8-19)24(17)18-21-15-4-2-3-5-16(15)25-18/h1-9,11,15,20-21H,10,12-13,16-18H2;2-5,7,9,14H,6,10-13H2,1H3. The molecule has 0 radical (unpaired) electrons. The van der Waals surface area contributed by atoms with Crippen LogP contribution in [0.2, 0.25) is 0 Å². The number of piperazine rings is 1. The molecule has 4 aliphatic rings. The van der Waals surface area contributed by atoms with Crippen molar-refractivity contribution in [3.8, 4) is 12.1 Å². The number of guanidine groups is 2. The number of aliphatic imine (C=N–C) groups is 2. The highest BCUT2D eigenvalue weighted by atomic mass is 32.1. The predicted molar refractivity (Wildman–Crippen MR) is 229 cm³/mol. The number of thiazole rings is 2. The van der Waals surface area contributed by atoms with Gasteiger partial charge in [-0.15, -0.1) is 0 Å². The Bertz CT molecular complexity index is 2250. The van der Waals surface area contributed by atoms with E-state index in [9.17, 15) is 10.5 Å². The molecule has 2 fully saturated rings. The van der Waals surface area contributed by atoms with Gasteiger partial charge in [0.15, 0.2) is 10.3 Å². The van der Waals surface area contributed by atoms with Crippen LogP contribution >= 0.6 is 22.7 Å². The van der Waals surface area contributed by atoms with E-state index in [0.29, 0.717) is 18.8 Å². The zero-order valence-electron chi connectivity index (χ0n) is 31.6. The topological polar surface area (TPSA) is 114 Å². The Morgan fingerprint density at radius 1 is 0.625 bits per heavy atom. The third-order valence-electron chi connectivity index (χ3n) is 10.7. The molecule has 0 aliphatic carbocycles. The van der Waals surface area contributed by atoms with Gasteiger partial charge in [-0.2, -0.15) is 10.5 Å². The summed E-state index contributed by atoms with van der Waals surface area (Å²) in [7, 11) is 2.14. The number of fused-ring (bicyclic) bond motifs is 2. The molecule has 0 bridgehead atoms. The van der Waals surface area contributed by atoms with Crippen molar-refractivity contribution in [1.29, 1.82) is 10.5 Å². The summed E-state index contributed by atoms with van der Waals surface area (Å²) in [4.78, 5) is 30.4. The monoisotopic (exact) mass is 779 g/mol. The number of likely N-dealkylation sites (tertiary alicyclic amines) is 1. The Morgan fingerprint density at radius 2 is 1.11 bits per heavy atom. The molecule has 11 nitrogen and oxygen atoms in total. The van der Waals surface area contributed by atoms with Crippen LogP contribution < -0.4 is 9.80 Å². The summed E-state index contributed by atoms with van der Waals surface area (Å²) in [5, 5.41) is 20.5. The molecule has 2 unspecified atom stereocenters. The van der Waals surface area contributed by atoms with Crippen molar-refractivity contribution in [2.75, 3.05) is 56.1 Å². The number of piperidine rings is 1. The maximum absolute atomic E-state index is 9.41. The van der Waals surface area contributed by atoms with Crippen LogP contribution in [-0.4, -0.2) is 95.0 Å². The van der Waals surface area contributed by atoms with E-state index in [0.717, 1.165) is 101 Å². The molecule has 2 atom stereocenters. The Morgan fingerprint density at radius 3 is 1.61 bits per heavy atom. The highest BCUT2D eigenvalue weighted by Crippen LogP contribution is 2.35. The van der Waals surface area contributed by atoms with Gasteiger partial charge in [0.2, 0.25) is 11.9 Å². The summed E-state index contributed by atoms with van der Waals surface area (Å²) < 4.78 is 2.31. The Hall–Kier alpha value is -5.60. The molecule has 5 aromatic rings. The van der Waals surface area contributed by atoms with Crippen molar-refractivity contribution in [2.24, 2.45) is 15.9 Å². The Kier molecular flexibility index (Phi) is 11.6. The van der Waals surface area contributed by atoms with Crippen molar-refractivity contribution in [1.82, 2.24) is 24.7 Å². The molecule has 2 aromatic heterocycles. The Labute approximate surface area is 336 Å². The van der Waals surface area contributed by atoms with Crippen LogP contribution in [0, 0.1) is 28.6 Å². The van der Waals surface area contributed by atoms with Gasteiger partial charge in [-0.1, -0.05) is 77.3 Å². The van der Waals surface area contributed by atoms with Crippen LogP contribution in [0.15, 0.2) is 113 Å². The lowest BCUT2D eigenvalue weighted by atomic mass is 9.90. The maximum atomic E-state index is 9.41. The lowest BCUT2D eigenvalue weighted by Crippen LogP contribution is -2.55. The zero-order valence-corrected chi connectivity index (χ0v) is 33.2. The molecule has 3 aromatic carbocycles. The van der Waals surface area contributed by atoms with E-state index in [2.05, 4.69) is 91.1 Å². The van der Waals surface area contributed by atoms with E-state index in [-0.39, 0.29) is 12.1 Å². The zero-order chi connectivity index (χ0) is 38.3. The summed E-state index contributed by atoms with van der Waals surface area (Å²) >= 11 is 3.32. The van der Waals surface area contributed by atoms with Crippen LogP contribution in [0.3, 0.4) is 0 Å². The number of benzene rings is 3. The number of hydrogen-bond acceptors (Lipinski definition) is 13. The first-order valence-corrected chi connectivity index (χ1v) is 21.0. The van der Waals surface area contributed by atoms with Gasteiger partial charge in [-0.3, -0.25) is 9.80 Å². The number of aromatic nitrogens is 2. The summed E-state index contributed by atoms with van der Waals surface area (Å²) in [6.07, 6.45) is 12.0. The summed E-state index contributed by atoms with van der Waals surface area (Å²) in [5.41, 5.74) is 3.41. The van der Waals surface area contributed by atoms with Gasteiger partial charge in [0.05, 0.1) is 57.5 Å². The lowest BCUT2D eigenvalue weighted by Gasteiger charge is -2.40. The minimum absolute atomic E-state index is 0.0299. The molecule has 2 saturated heterocycles. The van der Waals surface area contributed by atoms with Crippen LogP contribution in [0.5, 0.6) is 0 Å². The van der Waals surface area contributed by atoms with Gasteiger partial charge in [-0.25, -0.2) is 20.0 Å². The molecule has 9 rings (SSSR count). The number of nitrogens with zero attached hydrogens (tertiary/aromatic N) is 11. The van der Waals surface area contributed by atoms with Gasteiger partial charge < -0.3 is 14.7 Å². The van der Waals surface area contributed by atoms with Crippen LogP contribution in [-0.2, 0) is 6.42 Å². The number of para-hydroxylation sites is 2. The summed E-state index contributed by atoms with van der Waals surface area (Å²) in [6, 6.07) is 31.7. The number of hydrogen-bond donors (Lipinski definition) is 0. The van der Waals surface area contributed by atoms with Crippen molar-refractivity contribution < 1.29 is 0 Å². The number of anilines is 2. The normalized spacial score (nSPS) is 20.3. The van der Waals surface area contributed by atoms with Gasteiger partial charge in [0.1, 0.15) is 0 Å². The summed E-state index contributed by atoms with van der Waals surface area (Å²) in [5.74, 6) is 2.54. The van der Waals surface area contributed by atoms with E-state index in [1.807, 2.05) is 61.0 Å². The van der Waals surface area contributed by atoms with E-state index in [1.165, 1.54) is 5.56 Å². The van der Waals surface area contributed by atoms with Gasteiger partial charge >= 0.3 is 0 Å². The third kappa shape index (κ3) is 8.31. The molecule has 0 N–H and O–H groups in total. The highest BCUT2D eigenvalue weighted by molar-refractivity contribution is 7.22. The van der Waals surface area contributed by atoms with Crippen molar-refractivity contribution >= 4 is 65.3 Å². The van der Waals surface area contributed by atoms with Crippen LogP contribution in [0.1, 0.15) is 31.2 Å². The van der Waals surface area contributed by atoms with E-state index in [4.69, 9.17) is 15.0 Å². The fourth-order valence-corrected chi connectivity index (χ4v) is 9.70. The molecule has 284 valence electrons. The van der Waals surface area contributed by atoms with Crippen molar-refractivity contribution in [3.05, 3.63) is 109 Å². The molecule has 0 amide bonds. The first-order valence-electron chi connectivity index (χ1n) is 19.3. The molecular weight excluding hydrogens is 735 g/mol. The molecule has 0 spiro atoms. The quantitative estimate of drug-likeness (QED) is 0.171. The predicted octanol–water partition coefficient (Wildman–Crippen LogP) is 7.74. The van der Waals surface area contributed by atoms with Gasteiger partial charge in [-0.05, 0) is 74.2 Å². The second kappa shape index (κ2) is 17.5. The minimum atomic E-state index is -0.0416. The molecular formula is C43H45N11S2. The van der Waals surface area contributed by atoms with Crippen LogP contribution in [0.25, 0.3) is 20.4 Å². The van der Waals surface area contributed by atoms with Gasteiger partial charge in [0.25, 0.3) is 0 Å². The number of rotatable bonds is 6. The largest absolute Gasteiger partial charge is 0.342 e. The average molecular weight is 780 g/mol. The second-order valence-electron chi connectivity index (χ2n) is 14.5. The van der Waals surface area contributed by atoms with Crippen LogP contribution in [0.4, 0.5) is 10.3 Å². The first kappa shape index (κ1) is 37.3. The van der Waals surface area contributed by atoms with Crippen molar-refractivity contribution in [2.45, 2.75) is 44.2 Å². The molecule has 4 aliphatic heterocycles. The fraction of sp³-hybridized carbons (Fsp3) is 0.349. The molecule has 56 heavy (non-hydrogen) atoms. The van der Waals surface area contributed by atoms with Crippen molar-refractivity contribution in [3.63, 3.8) is 0 Å². The highest BCUT2D eigenvalue weighted by Gasteiger charge is 2.34. The maximum Gasteiger partial charge on any atom is 0.208 e. The third-order valence-corrected chi connectivity index (χ3v) is 12.8. The van der Waals surface area contributed by atoms with E-state index in [1.54, 1.807) is 22.7 Å².